The Labute approximate surface area is 111 Å². The average Bonchev–Trinajstić information content (AvgIpc) is 2.77. The van der Waals surface area contributed by atoms with E-state index in [1.807, 2.05) is 0 Å². The first-order chi connectivity index (χ1) is 9.38. The van der Waals surface area contributed by atoms with Crippen LogP contribution in [0.2, 0.25) is 0 Å². The van der Waals surface area contributed by atoms with Gasteiger partial charge in [-0.05, 0) is 24.3 Å². The van der Waals surface area contributed by atoms with Crippen molar-refractivity contribution in [2.45, 2.75) is 12.2 Å². The van der Waals surface area contributed by atoms with Crippen molar-refractivity contribution in [2.75, 3.05) is 0 Å². The van der Waals surface area contributed by atoms with Crippen LogP contribution in [0.1, 0.15) is 5.56 Å². The Morgan fingerprint density at radius 1 is 1.25 bits per heavy atom. The maximum absolute atomic E-state index is 12.0. The van der Waals surface area contributed by atoms with Crippen LogP contribution in [0.15, 0.2) is 47.5 Å². The molecule has 104 valence electrons. The highest BCUT2D eigenvalue weighted by Gasteiger charge is 2.37. The topological polar surface area (TPSA) is 55.7 Å². The molecule has 0 radical (unpaired) electrons. The van der Waals surface area contributed by atoms with Gasteiger partial charge in [0.25, 0.3) is 5.78 Å². The summed E-state index contributed by atoms with van der Waals surface area (Å²) in [5.74, 6) is -2.85. The molecule has 1 aromatic carbocycles. The van der Waals surface area contributed by atoms with Gasteiger partial charge >= 0.3 is 12.1 Å². The number of benzene rings is 1. The first-order valence-corrected chi connectivity index (χ1v) is 5.52. The van der Waals surface area contributed by atoms with Crippen molar-refractivity contribution in [1.29, 1.82) is 0 Å². The Morgan fingerprint density at radius 3 is 2.50 bits per heavy atom. The molecule has 0 bridgehead atoms. The number of allylic oxidation sites excluding steroid dienone is 1. The molecule has 0 spiro atoms. The number of esters is 1. The minimum Gasteiger partial charge on any atom is -0.405 e. The summed E-state index contributed by atoms with van der Waals surface area (Å²) in [5.41, 5.74) is 0.527. The van der Waals surface area contributed by atoms with Crippen molar-refractivity contribution in [3.8, 4) is 0 Å². The fourth-order valence-corrected chi connectivity index (χ4v) is 1.47. The second-order valence-corrected chi connectivity index (χ2v) is 3.89. The highest BCUT2D eigenvalue weighted by atomic mass is 19.4. The van der Waals surface area contributed by atoms with E-state index in [1.165, 1.54) is 0 Å². The Kier molecular flexibility index (Phi) is 3.69. The summed E-state index contributed by atoms with van der Waals surface area (Å²) in [5, 5.41) is 0. The van der Waals surface area contributed by atoms with Crippen LogP contribution < -0.4 is 0 Å². The van der Waals surface area contributed by atoms with Gasteiger partial charge in [0, 0.05) is 5.56 Å². The fourth-order valence-electron chi connectivity index (χ4n) is 1.47. The van der Waals surface area contributed by atoms with Crippen LogP contribution in [0, 0.1) is 0 Å². The van der Waals surface area contributed by atoms with Crippen LogP contribution >= 0.6 is 0 Å². The van der Waals surface area contributed by atoms with E-state index >= 15 is 0 Å². The van der Waals surface area contributed by atoms with Gasteiger partial charge in [-0.1, -0.05) is 18.2 Å². The summed E-state index contributed by atoms with van der Waals surface area (Å²) in [6.07, 6.45) is -3.91. The molecule has 0 aliphatic carbocycles. The van der Waals surface area contributed by atoms with Crippen molar-refractivity contribution in [1.82, 2.24) is 0 Å². The van der Waals surface area contributed by atoms with Crippen LogP contribution in [-0.2, 0) is 14.3 Å². The quantitative estimate of drug-likeness (QED) is 0.630. The molecule has 0 saturated heterocycles. The normalized spacial score (nSPS) is 19.1. The number of halogens is 3. The van der Waals surface area contributed by atoms with Crippen LogP contribution in [0.4, 0.5) is 13.2 Å². The zero-order valence-electron chi connectivity index (χ0n) is 9.92. The zero-order chi connectivity index (χ0) is 14.8. The fraction of sp³-hybridized carbons (Fsp3) is 0.154. The lowest BCUT2D eigenvalue weighted by Gasteiger charge is -1.99. The van der Waals surface area contributed by atoms with Gasteiger partial charge in [-0.15, -0.1) is 0 Å². The molecular weight excluding hydrogens is 275 g/mol. The number of nitrogens with zero attached hydrogens (tertiary/aromatic N) is 1. The third kappa shape index (κ3) is 3.11. The van der Waals surface area contributed by atoms with Gasteiger partial charge in [-0.2, -0.15) is 13.2 Å². The summed E-state index contributed by atoms with van der Waals surface area (Å²) in [7, 11) is 0. The third-order valence-electron chi connectivity index (χ3n) is 2.43. The number of alkyl halides is 3. The first-order valence-electron chi connectivity index (χ1n) is 5.52. The molecule has 1 aromatic rings. The van der Waals surface area contributed by atoms with Gasteiger partial charge in [0.15, 0.2) is 6.04 Å². The van der Waals surface area contributed by atoms with Gasteiger partial charge in [0.05, 0.1) is 0 Å². The summed E-state index contributed by atoms with van der Waals surface area (Å²) >= 11 is 0. The molecule has 0 aromatic heterocycles. The Balaban J connectivity index is 2.14. The zero-order valence-corrected chi connectivity index (χ0v) is 9.92. The lowest BCUT2D eigenvalue weighted by molar-refractivity contribution is -0.165. The van der Waals surface area contributed by atoms with Crippen LogP contribution in [0.5, 0.6) is 0 Å². The van der Waals surface area contributed by atoms with Gasteiger partial charge in [0.2, 0.25) is 5.90 Å². The Bertz CT molecular complexity index is 591. The number of hydrogen-bond acceptors (Lipinski definition) is 4. The van der Waals surface area contributed by atoms with E-state index in [2.05, 4.69) is 4.99 Å². The molecule has 0 N–H and O–H groups in total. The third-order valence-corrected chi connectivity index (χ3v) is 2.43. The molecule has 4 nitrogen and oxygen atoms in total. The average molecular weight is 283 g/mol. The second-order valence-electron chi connectivity index (χ2n) is 3.89. The van der Waals surface area contributed by atoms with E-state index in [4.69, 9.17) is 4.74 Å². The van der Waals surface area contributed by atoms with Gasteiger partial charge in [-0.3, -0.25) is 4.79 Å². The Morgan fingerprint density at radius 2 is 1.90 bits per heavy atom. The largest absolute Gasteiger partial charge is 0.454 e. The van der Waals surface area contributed by atoms with Gasteiger partial charge in [-0.25, -0.2) is 9.79 Å². The number of hydrogen-bond donors (Lipinski definition) is 0. The molecule has 0 amide bonds. The second kappa shape index (κ2) is 5.28. The SMILES string of the molecule is O=C1OC(c2ccccc2)=NC1/C=C\C(=O)C(F)(F)F. The predicted molar refractivity (Wildman–Crippen MR) is 63.1 cm³/mol. The van der Waals surface area contributed by atoms with E-state index in [0.29, 0.717) is 5.56 Å². The summed E-state index contributed by atoms with van der Waals surface area (Å²) in [4.78, 5) is 25.9. The number of cyclic esters (lactones) is 1. The molecule has 1 unspecified atom stereocenters. The molecule has 1 atom stereocenters. The van der Waals surface area contributed by atoms with Crippen molar-refractivity contribution < 1.29 is 27.5 Å². The van der Waals surface area contributed by atoms with E-state index in [0.717, 1.165) is 6.08 Å². The van der Waals surface area contributed by atoms with Crippen LogP contribution in [-0.4, -0.2) is 29.9 Å². The highest BCUT2D eigenvalue weighted by molar-refractivity contribution is 6.07. The molecule has 0 fully saturated rings. The van der Waals surface area contributed by atoms with Crippen LogP contribution in [0.25, 0.3) is 0 Å². The number of rotatable bonds is 3. The molecule has 1 aliphatic heterocycles. The molecule has 7 heteroatoms. The standard InChI is InChI=1S/C13H8F3NO3/c14-13(15,16)10(18)7-6-9-12(19)20-11(17-9)8-4-2-1-3-5-8/h1-7,9H/b7-6-. The molecule has 1 aliphatic rings. The van der Waals surface area contributed by atoms with E-state index in [1.54, 1.807) is 30.3 Å². The highest BCUT2D eigenvalue weighted by Crippen LogP contribution is 2.18. The van der Waals surface area contributed by atoms with E-state index < -0.39 is 24.0 Å². The maximum Gasteiger partial charge on any atom is 0.454 e. The maximum atomic E-state index is 12.0. The first kappa shape index (κ1) is 14.0. The van der Waals surface area contributed by atoms with Crippen molar-refractivity contribution >= 4 is 17.7 Å². The molecule has 0 saturated carbocycles. The van der Waals surface area contributed by atoms with Crippen molar-refractivity contribution in [3.63, 3.8) is 0 Å². The summed E-state index contributed by atoms with van der Waals surface area (Å²) in [6.45, 7) is 0. The molecule has 2 rings (SSSR count). The molecule has 20 heavy (non-hydrogen) atoms. The van der Waals surface area contributed by atoms with E-state index in [-0.39, 0.29) is 12.0 Å². The number of ketones is 1. The minimum atomic E-state index is -4.97. The Hall–Kier alpha value is -2.44. The monoisotopic (exact) mass is 283 g/mol. The van der Waals surface area contributed by atoms with Crippen molar-refractivity contribution in [2.24, 2.45) is 4.99 Å². The lowest BCUT2D eigenvalue weighted by Crippen LogP contribution is -2.21. The lowest BCUT2D eigenvalue weighted by atomic mass is 10.2. The van der Waals surface area contributed by atoms with Crippen LogP contribution in [0.3, 0.4) is 0 Å². The number of ether oxygens (including phenoxy) is 1. The molecular formula is C13H8F3NO3. The minimum absolute atomic E-state index is 0.0182. The number of carbonyl (C=O) groups is 2. The predicted octanol–water partition coefficient (Wildman–Crippen LogP) is 2.05. The summed E-state index contributed by atoms with van der Waals surface area (Å²) < 4.78 is 40.9. The van der Waals surface area contributed by atoms with Gasteiger partial charge in [0.1, 0.15) is 0 Å². The van der Waals surface area contributed by atoms with Crippen molar-refractivity contribution in [3.05, 3.63) is 48.0 Å². The van der Waals surface area contributed by atoms with Gasteiger partial charge < -0.3 is 4.74 Å². The number of aliphatic imine (C=N–C) groups is 1. The number of carbonyl (C=O) groups excluding carboxylic acids is 2. The molecule has 1 heterocycles. The summed E-state index contributed by atoms with van der Waals surface area (Å²) in [6, 6.07) is 7.18. The van der Waals surface area contributed by atoms with E-state index in [9.17, 15) is 22.8 Å². The smallest absolute Gasteiger partial charge is 0.405 e.